The van der Waals surface area contributed by atoms with Crippen molar-refractivity contribution in [3.8, 4) is 5.75 Å². The van der Waals surface area contributed by atoms with Crippen LogP contribution in [0.5, 0.6) is 5.75 Å². The molecule has 2 N–H and O–H groups in total. The van der Waals surface area contributed by atoms with E-state index in [1.54, 1.807) is 19.1 Å². The van der Waals surface area contributed by atoms with Gasteiger partial charge < -0.3 is 5.11 Å². The van der Waals surface area contributed by atoms with Gasteiger partial charge in [-0.1, -0.05) is 60.7 Å². The monoisotopic (exact) mass is 330 g/mol. The minimum absolute atomic E-state index is 0.0659. The van der Waals surface area contributed by atoms with Gasteiger partial charge in [-0.15, -0.1) is 0 Å². The fraction of sp³-hybridized carbons (Fsp3) is 0.0476. The summed E-state index contributed by atoms with van der Waals surface area (Å²) in [6.07, 6.45) is 3.73. The number of nitrogens with one attached hydrogen (secondary N) is 1. The predicted molar refractivity (Wildman–Crippen MR) is 102 cm³/mol. The van der Waals surface area contributed by atoms with Crippen molar-refractivity contribution in [1.29, 1.82) is 0 Å². The number of allylic oxidation sites excluding steroid dienone is 1. The maximum atomic E-state index is 12.3. The second kappa shape index (κ2) is 7.45. The Hall–Kier alpha value is -3.40. The second-order valence-electron chi connectivity index (χ2n) is 5.65. The number of phenols is 1. The summed E-state index contributed by atoms with van der Waals surface area (Å²) in [5.74, 6) is -0.514. The molecule has 1 amide bonds. The molecule has 25 heavy (non-hydrogen) atoms. The fourth-order valence-corrected chi connectivity index (χ4v) is 2.43. The van der Waals surface area contributed by atoms with E-state index in [1.165, 1.54) is 0 Å². The zero-order valence-electron chi connectivity index (χ0n) is 13.8. The van der Waals surface area contributed by atoms with Crippen molar-refractivity contribution >= 4 is 28.5 Å². The molecule has 0 spiro atoms. The molecule has 0 bridgehead atoms. The fourth-order valence-electron chi connectivity index (χ4n) is 2.43. The largest absolute Gasteiger partial charge is 0.507 e. The number of hydrogen-bond acceptors (Lipinski definition) is 3. The number of hydrogen-bond donors (Lipinski definition) is 2. The van der Waals surface area contributed by atoms with Crippen LogP contribution in [-0.2, 0) is 0 Å². The van der Waals surface area contributed by atoms with Gasteiger partial charge in [0.25, 0.3) is 5.91 Å². The molecule has 0 heterocycles. The Bertz CT molecular complexity index is 960. The molecule has 3 aromatic rings. The Balaban J connectivity index is 1.73. The third-order valence-corrected chi connectivity index (χ3v) is 3.76. The van der Waals surface area contributed by atoms with Gasteiger partial charge in [-0.3, -0.25) is 4.79 Å². The van der Waals surface area contributed by atoms with Crippen LogP contribution in [0.1, 0.15) is 22.8 Å². The Labute approximate surface area is 146 Å². The number of carbonyl (C=O) groups is 1. The van der Waals surface area contributed by atoms with Crippen molar-refractivity contribution in [2.45, 2.75) is 6.92 Å². The van der Waals surface area contributed by atoms with Crippen LogP contribution in [0.3, 0.4) is 0 Å². The third-order valence-electron chi connectivity index (χ3n) is 3.76. The highest BCUT2D eigenvalue weighted by molar-refractivity contribution is 6.03. The average molecular weight is 330 g/mol. The first-order chi connectivity index (χ1) is 12.1. The van der Waals surface area contributed by atoms with E-state index in [-0.39, 0.29) is 11.3 Å². The van der Waals surface area contributed by atoms with Crippen LogP contribution in [0.25, 0.3) is 16.8 Å². The van der Waals surface area contributed by atoms with Crippen molar-refractivity contribution in [2.24, 2.45) is 5.10 Å². The van der Waals surface area contributed by atoms with E-state index in [1.807, 2.05) is 66.7 Å². The number of benzene rings is 3. The topological polar surface area (TPSA) is 61.7 Å². The molecule has 0 radical (unpaired) electrons. The number of amides is 1. The van der Waals surface area contributed by atoms with E-state index < -0.39 is 5.91 Å². The van der Waals surface area contributed by atoms with E-state index in [2.05, 4.69) is 10.5 Å². The summed E-state index contributed by atoms with van der Waals surface area (Å²) in [4.78, 5) is 12.3. The molecule has 0 unspecified atom stereocenters. The van der Waals surface area contributed by atoms with E-state index in [0.717, 1.165) is 16.3 Å². The maximum Gasteiger partial charge on any atom is 0.275 e. The minimum Gasteiger partial charge on any atom is -0.507 e. The predicted octanol–water partition coefficient (Wildman–Crippen LogP) is 4.36. The van der Waals surface area contributed by atoms with E-state index in [9.17, 15) is 9.90 Å². The SMILES string of the molecule is CC(/C=C/c1ccccc1)=N/NC(=O)c1cc2ccccc2cc1O. The first-order valence-corrected chi connectivity index (χ1v) is 7.93. The molecule has 0 aliphatic rings. The molecule has 0 saturated heterocycles. The van der Waals surface area contributed by atoms with Crippen LogP contribution in [0.15, 0.2) is 77.9 Å². The van der Waals surface area contributed by atoms with Crippen LogP contribution >= 0.6 is 0 Å². The van der Waals surface area contributed by atoms with Gasteiger partial charge in [0, 0.05) is 0 Å². The Morgan fingerprint density at radius 3 is 2.36 bits per heavy atom. The number of hydrazone groups is 1. The molecule has 0 aliphatic heterocycles. The van der Waals surface area contributed by atoms with Gasteiger partial charge in [0.15, 0.2) is 0 Å². The third kappa shape index (κ3) is 4.12. The molecular formula is C21H18N2O2. The Kier molecular flexibility index (Phi) is 4.90. The number of nitrogens with zero attached hydrogens (tertiary/aromatic N) is 1. The summed E-state index contributed by atoms with van der Waals surface area (Å²) in [6, 6.07) is 20.6. The number of fused-ring (bicyclic) bond motifs is 1. The summed E-state index contributed by atoms with van der Waals surface area (Å²) in [6.45, 7) is 1.79. The number of carbonyl (C=O) groups excluding carboxylic acids is 1. The molecule has 3 rings (SSSR count). The van der Waals surface area contributed by atoms with Crippen LogP contribution in [0.4, 0.5) is 0 Å². The molecule has 4 nitrogen and oxygen atoms in total. The molecule has 4 heteroatoms. The highest BCUT2D eigenvalue weighted by Gasteiger charge is 2.11. The van der Waals surface area contributed by atoms with Crippen molar-refractivity contribution in [3.05, 3.63) is 83.9 Å². The number of phenolic OH excluding ortho intramolecular Hbond substituents is 1. The quantitative estimate of drug-likeness (QED) is 0.551. The van der Waals surface area contributed by atoms with Gasteiger partial charge >= 0.3 is 0 Å². The van der Waals surface area contributed by atoms with E-state index in [4.69, 9.17) is 0 Å². The lowest BCUT2D eigenvalue weighted by Gasteiger charge is -2.06. The van der Waals surface area contributed by atoms with Gasteiger partial charge in [-0.2, -0.15) is 5.10 Å². The lowest BCUT2D eigenvalue weighted by atomic mass is 10.1. The van der Waals surface area contributed by atoms with E-state index in [0.29, 0.717) is 5.71 Å². The van der Waals surface area contributed by atoms with Crippen LogP contribution < -0.4 is 5.43 Å². The summed E-state index contributed by atoms with van der Waals surface area (Å²) in [5.41, 5.74) is 4.38. The zero-order valence-corrected chi connectivity index (χ0v) is 13.8. The standard InChI is InChI=1S/C21H18N2O2/c1-15(11-12-16-7-3-2-4-8-16)22-23-21(25)19-13-17-9-5-6-10-18(17)14-20(19)24/h2-14,24H,1H3,(H,23,25)/b12-11+,22-15-. The molecule has 0 saturated carbocycles. The van der Waals surface area contributed by atoms with Crippen LogP contribution in [0.2, 0.25) is 0 Å². The molecule has 3 aromatic carbocycles. The van der Waals surface area contributed by atoms with Crippen LogP contribution in [0, 0.1) is 0 Å². The van der Waals surface area contributed by atoms with Crippen molar-refractivity contribution < 1.29 is 9.90 Å². The molecule has 124 valence electrons. The first kappa shape index (κ1) is 16.5. The van der Waals surface area contributed by atoms with Crippen molar-refractivity contribution in [3.63, 3.8) is 0 Å². The van der Waals surface area contributed by atoms with Gasteiger partial charge in [-0.25, -0.2) is 5.43 Å². The smallest absolute Gasteiger partial charge is 0.275 e. The molecule has 0 aliphatic carbocycles. The van der Waals surface area contributed by atoms with Crippen molar-refractivity contribution in [2.75, 3.05) is 0 Å². The van der Waals surface area contributed by atoms with E-state index >= 15 is 0 Å². The molecule has 0 aromatic heterocycles. The van der Waals surface area contributed by atoms with Gasteiger partial charge in [0.1, 0.15) is 5.75 Å². The average Bonchev–Trinajstić information content (AvgIpc) is 2.64. The van der Waals surface area contributed by atoms with Gasteiger partial charge in [0.05, 0.1) is 11.3 Å². The maximum absolute atomic E-state index is 12.3. The number of rotatable bonds is 4. The summed E-state index contributed by atoms with van der Waals surface area (Å²) < 4.78 is 0. The molecular weight excluding hydrogens is 312 g/mol. The van der Waals surface area contributed by atoms with Crippen LogP contribution in [-0.4, -0.2) is 16.7 Å². The summed E-state index contributed by atoms with van der Waals surface area (Å²) in [7, 11) is 0. The normalized spacial score (nSPS) is 11.8. The highest BCUT2D eigenvalue weighted by atomic mass is 16.3. The van der Waals surface area contributed by atoms with Crippen molar-refractivity contribution in [1.82, 2.24) is 5.43 Å². The minimum atomic E-state index is -0.448. The Morgan fingerprint density at radius 1 is 1.00 bits per heavy atom. The zero-order chi connectivity index (χ0) is 17.6. The highest BCUT2D eigenvalue weighted by Crippen LogP contribution is 2.24. The Morgan fingerprint density at radius 2 is 1.64 bits per heavy atom. The second-order valence-corrected chi connectivity index (χ2v) is 5.65. The van der Waals surface area contributed by atoms with Gasteiger partial charge in [-0.05, 0) is 41.5 Å². The van der Waals surface area contributed by atoms with Gasteiger partial charge in [0.2, 0.25) is 0 Å². The number of aromatic hydroxyl groups is 1. The summed E-state index contributed by atoms with van der Waals surface area (Å²) in [5, 5.41) is 15.9. The molecule has 0 fully saturated rings. The lowest BCUT2D eigenvalue weighted by Crippen LogP contribution is -2.18. The summed E-state index contributed by atoms with van der Waals surface area (Å²) >= 11 is 0. The molecule has 0 atom stereocenters. The first-order valence-electron chi connectivity index (χ1n) is 7.93. The lowest BCUT2D eigenvalue weighted by molar-refractivity contribution is 0.0952.